The van der Waals surface area contributed by atoms with Crippen LogP contribution in [0.3, 0.4) is 0 Å². The Hall–Kier alpha value is -2.52. The van der Waals surface area contributed by atoms with Crippen molar-refractivity contribution in [2.45, 2.75) is 0 Å². The highest BCUT2D eigenvalue weighted by Crippen LogP contribution is 2.05. The van der Waals surface area contributed by atoms with E-state index in [9.17, 15) is 4.79 Å². The Balaban J connectivity index is 2.28. The third-order valence-corrected chi connectivity index (χ3v) is 2.37. The third-order valence-electron chi connectivity index (χ3n) is 2.37. The largest absolute Gasteiger partial charge is 0.379 e. The summed E-state index contributed by atoms with van der Waals surface area (Å²) in [5.74, 6) is -0.155. The minimum absolute atomic E-state index is 0.155. The molecule has 0 aromatic heterocycles. The van der Waals surface area contributed by atoms with Crippen LogP contribution in [0.2, 0.25) is 0 Å². The fraction of sp³-hybridized carbons (Fsp3) is 0.286. The molecule has 1 aromatic rings. The zero-order valence-electron chi connectivity index (χ0n) is 11.1. The Bertz CT molecular complexity index is 527. The van der Waals surface area contributed by atoms with Crippen LogP contribution in [0.15, 0.2) is 41.7 Å². The molecule has 0 heterocycles. The number of benzene rings is 1. The number of carbonyl (C=O) groups is 1. The molecule has 104 valence electrons. The fourth-order valence-corrected chi connectivity index (χ4v) is 1.44. The SMILES string of the molecule is C=C=Cc1ccc(C(=O)NCCOCCN=[N+]=[N-])cc1. The summed E-state index contributed by atoms with van der Waals surface area (Å²) in [6.45, 7) is 4.92. The quantitative estimate of drug-likeness (QED) is 0.259. The lowest BCUT2D eigenvalue weighted by atomic mass is 10.1. The molecule has 0 aliphatic carbocycles. The van der Waals surface area contributed by atoms with Crippen molar-refractivity contribution in [3.05, 3.63) is 58.1 Å². The van der Waals surface area contributed by atoms with Gasteiger partial charge in [-0.2, -0.15) is 0 Å². The van der Waals surface area contributed by atoms with Crippen LogP contribution in [-0.4, -0.2) is 32.2 Å². The average molecular weight is 272 g/mol. The Kier molecular flexibility index (Phi) is 7.31. The van der Waals surface area contributed by atoms with Gasteiger partial charge in [0.2, 0.25) is 0 Å². The molecule has 1 rings (SSSR count). The minimum Gasteiger partial charge on any atom is -0.379 e. The van der Waals surface area contributed by atoms with Crippen LogP contribution in [0.1, 0.15) is 15.9 Å². The first-order chi connectivity index (χ1) is 9.77. The van der Waals surface area contributed by atoms with E-state index in [0.29, 0.717) is 31.9 Å². The van der Waals surface area contributed by atoms with Crippen LogP contribution in [0.5, 0.6) is 0 Å². The van der Waals surface area contributed by atoms with Gasteiger partial charge < -0.3 is 10.1 Å². The van der Waals surface area contributed by atoms with Crippen LogP contribution in [0.25, 0.3) is 16.5 Å². The van der Waals surface area contributed by atoms with Gasteiger partial charge in [0.05, 0.1) is 13.2 Å². The zero-order chi connectivity index (χ0) is 14.6. The molecular weight excluding hydrogens is 256 g/mol. The number of amides is 1. The van der Waals surface area contributed by atoms with E-state index in [2.05, 4.69) is 27.7 Å². The number of hydrogen-bond donors (Lipinski definition) is 1. The Morgan fingerprint density at radius 1 is 1.45 bits per heavy atom. The third kappa shape index (κ3) is 5.89. The molecule has 0 bridgehead atoms. The van der Waals surface area contributed by atoms with Gasteiger partial charge in [0.15, 0.2) is 0 Å². The van der Waals surface area contributed by atoms with E-state index < -0.39 is 0 Å². The Labute approximate surface area is 117 Å². The molecule has 20 heavy (non-hydrogen) atoms. The lowest BCUT2D eigenvalue weighted by Crippen LogP contribution is -2.27. The summed E-state index contributed by atoms with van der Waals surface area (Å²) in [5.41, 5.74) is 12.3. The molecule has 0 unspecified atom stereocenters. The number of ether oxygens (including phenoxy) is 1. The summed E-state index contributed by atoms with van der Waals surface area (Å²) in [6, 6.07) is 7.12. The van der Waals surface area contributed by atoms with Crippen molar-refractivity contribution < 1.29 is 9.53 Å². The monoisotopic (exact) mass is 272 g/mol. The molecule has 0 atom stereocenters. The molecule has 0 saturated heterocycles. The van der Waals surface area contributed by atoms with Crippen molar-refractivity contribution in [2.75, 3.05) is 26.3 Å². The van der Waals surface area contributed by atoms with Gasteiger partial charge in [-0.3, -0.25) is 4.79 Å². The van der Waals surface area contributed by atoms with Gasteiger partial charge in [0.25, 0.3) is 5.91 Å². The van der Waals surface area contributed by atoms with E-state index >= 15 is 0 Å². The van der Waals surface area contributed by atoms with E-state index in [1.807, 2.05) is 12.1 Å². The first-order valence-electron chi connectivity index (χ1n) is 6.10. The number of rotatable bonds is 8. The Morgan fingerprint density at radius 3 is 2.85 bits per heavy atom. The van der Waals surface area contributed by atoms with E-state index in [-0.39, 0.29) is 5.91 Å². The minimum atomic E-state index is -0.155. The maximum absolute atomic E-state index is 11.8. The highest BCUT2D eigenvalue weighted by atomic mass is 16.5. The maximum atomic E-state index is 11.8. The molecular formula is C14H16N4O2. The maximum Gasteiger partial charge on any atom is 0.251 e. The molecule has 0 saturated carbocycles. The molecule has 1 N–H and O–H groups in total. The van der Waals surface area contributed by atoms with E-state index in [1.165, 1.54) is 0 Å². The summed E-state index contributed by atoms with van der Waals surface area (Å²) in [5, 5.41) is 6.07. The van der Waals surface area contributed by atoms with Gasteiger partial charge in [-0.05, 0) is 29.3 Å². The molecule has 0 spiro atoms. The van der Waals surface area contributed by atoms with Gasteiger partial charge in [-0.1, -0.05) is 23.8 Å². The standard InChI is InChI=1S/C14H16N4O2/c1-2-3-12-4-6-13(7-5-12)14(19)16-8-10-20-11-9-17-18-15/h3-7H,1,8-11H2,(H,16,19). The predicted octanol–water partition coefficient (Wildman–Crippen LogP) is 2.54. The summed E-state index contributed by atoms with van der Waals surface area (Å²) in [6.07, 6.45) is 1.74. The molecule has 6 nitrogen and oxygen atoms in total. The molecule has 1 aromatic carbocycles. The second-order valence-electron chi connectivity index (χ2n) is 3.79. The van der Waals surface area contributed by atoms with Crippen molar-refractivity contribution >= 4 is 12.0 Å². The van der Waals surface area contributed by atoms with Crippen molar-refractivity contribution in [3.63, 3.8) is 0 Å². The molecule has 0 aliphatic rings. The normalized spacial score (nSPS) is 9.20. The van der Waals surface area contributed by atoms with Gasteiger partial charge >= 0.3 is 0 Å². The number of azide groups is 1. The van der Waals surface area contributed by atoms with Crippen LogP contribution in [0, 0.1) is 0 Å². The molecule has 1 amide bonds. The predicted molar refractivity (Wildman–Crippen MR) is 77.2 cm³/mol. The average Bonchev–Trinajstić information content (AvgIpc) is 2.47. The zero-order valence-corrected chi connectivity index (χ0v) is 11.1. The summed E-state index contributed by atoms with van der Waals surface area (Å²) in [4.78, 5) is 14.4. The first-order valence-corrected chi connectivity index (χ1v) is 6.10. The highest BCUT2D eigenvalue weighted by Gasteiger charge is 2.03. The van der Waals surface area contributed by atoms with Crippen LogP contribution < -0.4 is 5.32 Å². The van der Waals surface area contributed by atoms with Crippen molar-refractivity contribution in [1.82, 2.24) is 5.32 Å². The van der Waals surface area contributed by atoms with Crippen LogP contribution in [-0.2, 0) is 4.74 Å². The molecule has 6 heteroatoms. The lowest BCUT2D eigenvalue weighted by molar-refractivity contribution is 0.0920. The highest BCUT2D eigenvalue weighted by molar-refractivity contribution is 5.94. The summed E-state index contributed by atoms with van der Waals surface area (Å²) in [7, 11) is 0. The molecule has 0 aliphatic heterocycles. The van der Waals surface area contributed by atoms with Gasteiger partial charge in [0, 0.05) is 23.6 Å². The first kappa shape index (κ1) is 15.5. The molecule has 0 fully saturated rings. The van der Waals surface area contributed by atoms with Gasteiger partial charge in [-0.25, -0.2) is 0 Å². The molecule has 0 radical (unpaired) electrons. The van der Waals surface area contributed by atoms with E-state index in [1.54, 1.807) is 18.2 Å². The lowest BCUT2D eigenvalue weighted by Gasteiger charge is -2.06. The van der Waals surface area contributed by atoms with Gasteiger partial charge in [0.1, 0.15) is 0 Å². The topological polar surface area (TPSA) is 87.1 Å². The summed E-state index contributed by atoms with van der Waals surface area (Å²) < 4.78 is 5.17. The van der Waals surface area contributed by atoms with Crippen LogP contribution in [0.4, 0.5) is 0 Å². The fourth-order valence-electron chi connectivity index (χ4n) is 1.44. The second kappa shape index (κ2) is 9.42. The van der Waals surface area contributed by atoms with E-state index in [0.717, 1.165) is 5.56 Å². The van der Waals surface area contributed by atoms with Crippen molar-refractivity contribution in [3.8, 4) is 0 Å². The number of carbonyl (C=O) groups excluding carboxylic acids is 1. The Morgan fingerprint density at radius 2 is 2.20 bits per heavy atom. The van der Waals surface area contributed by atoms with Gasteiger partial charge in [-0.15, -0.1) is 5.73 Å². The van der Waals surface area contributed by atoms with E-state index in [4.69, 9.17) is 10.3 Å². The number of nitrogens with one attached hydrogen (secondary N) is 1. The number of hydrogen-bond acceptors (Lipinski definition) is 3. The smallest absolute Gasteiger partial charge is 0.251 e. The summed E-state index contributed by atoms with van der Waals surface area (Å²) >= 11 is 0. The van der Waals surface area contributed by atoms with Crippen LogP contribution >= 0.6 is 0 Å². The van der Waals surface area contributed by atoms with Crippen molar-refractivity contribution in [1.29, 1.82) is 0 Å². The number of nitrogens with zero attached hydrogens (tertiary/aromatic N) is 3. The second-order valence-corrected chi connectivity index (χ2v) is 3.79. The van der Waals surface area contributed by atoms with Crippen molar-refractivity contribution in [2.24, 2.45) is 5.11 Å².